The average molecular weight is 684 g/mol. The monoisotopic (exact) mass is 683 g/mol. The molecule has 5 aromatic carbocycles. The zero-order valence-corrected chi connectivity index (χ0v) is 29.8. The molecule has 256 valence electrons. The van der Waals surface area contributed by atoms with Crippen LogP contribution in [0.15, 0.2) is 206 Å². The second-order valence-electron chi connectivity index (χ2n) is 14.1. The lowest BCUT2D eigenvalue weighted by Gasteiger charge is -2.31. The normalized spacial score (nSPS) is 19.8. The van der Waals surface area contributed by atoms with Gasteiger partial charge in [0.25, 0.3) is 0 Å². The van der Waals surface area contributed by atoms with E-state index in [-0.39, 0.29) is 6.10 Å². The van der Waals surface area contributed by atoms with Crippen LogP contribution in [-0.4, -0.2) is 6.10 Å². The Morgan fingerprint density at radius 3 is 2.04 bits per heavy atom. The summed E-state index contributed by atoms with van der Waals surface area (Å²) in [5, 5.41) is 0. The first-order chi connectivity index (χ1) is 26.2. The van der Waals surface area contributed by atoms with Crippen LogP contribution in [0.1, 0.15) is 41.5 Å². The van der Waals surface area contributed by atoms with Crippen molar-refractivity contribution in [1.82, 2.24) is 0 Å². The molecule has 5 aromatic rings. The van der Waals surface area contributed by atoms with Crippen LogP contribution < -0.4 is 9.64 Å². The van der Waals surface area contributed by atoms with Gasteiger partial charge in [0.1, 0.15) is 11.9 Å². The van der Waals surface area contributed by atoms with Crippen LogP contribution in [-0.2, 0) is 0 Å². The van der Waals surface area contributed by atoms with Gasteiger partial charge < -0.3 is 9.64 Å². The van der Waals surface area contributed by atoms with E-state index >= 15 is 0 Å². The fourth-order valence-corrected chi connectivity index (χ4v) is 7.85. The highest BCUT2D eigenvalue weighted by Crippen LogP contribution is 2.43. The van der Waals surface area contributed by atoms with Gasteiger partial charge in [-0.1, -0.05) is 153 Å². The Bertz CT molecular complexity index is 2380. The number of nitrogens with zero attached hydrogens (tertiary/aromatic N) is 1. The van der Waals surface area contributed by atoms with Gasteiger partial charge in [-0.15, -0.1) is 0 Å². The van der Waals surface area contributed by atoms with Crippen LogP contribution in [0.2, 0.25) is 0 Å². The van der Waals surface area contributed by atoms with Crippen molar-refractivity contribution >= 4 is 28.1 Å². The summed E-state index contributed by atoms with van der Waals surface area (Å²) in [7, 11) is 0. The van der Waals surface area contributed by atoms with E-state index in [0.29, 0.717) is 11.8 Å². The first-order valence-electron chi connectivity index (χ1n) is 18.6. The van der Waals surface area contributed by atoms with Gasteiger partial charge >= 0.3 is 0 Å². The lowest BCUT2D eigenvalue weighted by Crippen LogP contribution is -2.20. The maximum absolute atomic E-state index is 6.43. The summed E-state index contributed by atoms with van der Waals surface area (Å²) in [4.78, 5) is 2.39. The minimum absolute atomic E-state index is 0.104. The third-order valence-electron chi connectivity index (χ3n) is 10.6. The molecule has 0 saturated carbocycles. The zero-order chi connectivity index (χ0) is 35.6. The Balaban J connectivity index is 1.05. The molecule has 53 heavy (non-hydrogen) atoms. The van der Waals surface area contributed by atoms with Crippen molar-refractivity contribution in [3.63, 3.8) is 0 Å². The van der Waals surface area contributed by atoms with E-state index in [4.69, 9.17) is 4.74 Å². The van der Waals surface area contributed by atoms with Gasteiger partial charge in [-0.05, 0) is 106 Å². The minimum atomic E-state index is -0.104. The predicted octanol–water partition coefficient (Wildman–Crippen LogP) is 13.1. The van der Waals surface area contributed by atoms with Crippen LogP contribution >= 0.6 is 0 Å². The number of allylic oxidation sites excluding steroid dienone is 13. The maximum atomic E-state index is 6.43. The SMILES string of the molecule is CC1C=C(N(c2ccc(C3=CC=CC4Oc5ccc(C6=CC=CCC=C6)cc5C4=C3)cc2)c2ccc(-c3ccccc3)cc2)C=CC1c1ccccc1. The lowest BCUT2D eigenvalue weighted by atomic mass is 9.83. The molecule has 9 rings (SSSR count). The van der Waals surface area contributed by atoms with Gasteiger partial charge in [-0.25, -0.2) is 0 Å². The Hall–Kier alpha value is -6.38. The molecule has 0 saturated heterocycles. The van der Waals surface area contributed by atoms with Crippen LogP contribution in [0, 0.1) is 5.92 Å². The Kier molecular flexibility index (Phi) is 8.79. The first kappa shape index (κ1) is 32.5. The van der Waals surface area contributed by atoms with Crippen LogP contribution in [0.3, 0.4) is 0 Å². The van der Waals surface area contributed by atoms with E-state index in [9.17, 15) is 0 Å². The average Bonchev–Trinajstić information content (AvgIpc) is 3.39. The smallest absolute Gasteiger partial charge is 0.143 e. The molecule has 3 atom stereocenters. The maximum Gasteiger partial charge on any atom is 0.143 e. The summed E-state index contributed by atoms with van der Waals surface area (Å²) in [6.45, 7) is 2.32. The number of rotatable bonds is 7. The zero-order valence-electron chi connectivity index (χ0n) is 29.8. The van der Waals surface area contributed by atoms with Crippen LogP contribution in [0.4, 0.5) is 11.4 Å². The summed E-state index contributed by atoms with van der Waals surface area (Å²) in [6.07, 6.45) is 27.7. The number of fused-ring (bicyclic) bond motifs is 3. The van der Waals surface area contributed by atoms with Crippen molar-refractivity contribution in [3.05, 3.63) is 228 Å². The molecule has 1 aliphatic heterocycles. The molecule has 2 heteroatoms. The molecule has 0 amide bonds. The predicted molar refractivity (Wildman–Crippen MR) is 223 cm³/mol. The van der Waals surface area contributed by atoms with Gasteiger partial charge in [0.05, 0.1) is 0 Å². The molecule has 3 unspecified atom stereocenters. The molecule has 0 N–H and O–H groups in total. The molecule has 3 aliphatic carbocycles. The Morgan fingerprint density at radius 1 is 0.604 bits per heavy atom. The van der Waals surface area contributed by atoms with Gasteiger partial charge in [-0.2, -0.15) is 0 Å². The van der Waals surface area contributed by atoms with E-state index < -0.39 is 0 Å². The number of benzene rings is 5. The van der Waals surface area contributed by atoms with Gasteiger partial charge in [0, 0.05) is 34.1 Å². The second kappa shape index (κ2) is 14.3. The fourth-order valence-electron chi connectivity index (χ4n) is 7.85. The summed E-state index contributed by atoms with van der Waals surface area (Å²) in [5.74, 6) is 1.62. The highest BCUT2D eigenvalue weighted by Gasteiger charge is 2.29. The van der Waals surface area contributed by atoms with Gasteiger partial charge in [0.15, 0.2) is 0 Å². The highest BCUT2D eigenvalue weighted by molar-refractivity contribution is 5.92. The summed E-state index contributed by atoms with van der Waals surface area (Å²) in [6, 6.07) is 45.9. The topological polar surface area (TPSA) is 12.5 Å². The summed E-state index contributed by atoms with van der Waals surface area (Å²) >= 11 is 0. The number of hydrogen-bond acceptors (Lipinski definition) is 2. The Labute approximate surface area is 313 Å². The number of ether oxygens (including phenoxy) is 1. The van der Waals surface area contributed by atoms with Crippen molar-refractivity contribution in [1.29, 1.82) is 0 Å². The summed E-state index contributed by atoms with van der Waals surface area (Å²) < 4.78 is 6.43. The van der Waals surface area contributed by atoms with Gasteiger partial charge in [-0.3, -0.25) is 0 Å². The summed E-state index contributed by atoms with van der Waals surface area (Å²) in [5.41, 5.74) is 14.3. The van der Waals surface area contributed by atoms with Gasteiger partial charge in [0.2, 0.25) is 0 Å². The molecule has 4 aliphatic rings. The van der Waals surface area contributed by atoms with Crippen molar-refractivity contribution in [2.45, 2.75) is 25.4 Å². The first-order valence-corrected chi connectivity index (χ1v) is 18.6. The largest absolute Gasteiger partial charge is 0.481 e. The van der Waals surface area contributed by atoms with Crippen molar-refractivity contribution in [2.24, 2.45) is 5.92 Å². The molecular weight excluding hydrogens is 643 g/mol. The molecular formula is C51H41NO. The van der Waals surface area contributed by atoms with E-state index in [0.717, 1.165) is 29.1 Å². The quantitative estimate of drug-likeness (QED) is 0.169. The number of hydrogen-bond donors (Lipinski definition) is 0. The molecule has 0 aromatic heterocycles. The lowest BCUT2D eigenvalue weighted by molar-refractivity contribution is 0.323. The van der Waals surface area contributed by atoms with Crippen LogP contribution in [0.25, 0.3) is 27.8 Å². The van der Waals surface area contributed by atoms with E-state index in [2.05, 4.69) is 212 Å². The molecule has 2 nitrogen and oxygen atoms in total. The minimum Gasteiger partial charge on any atom is -0.481 e. The van der Waals surface area contributed by atoms with Crippen molar-refractivity contribution in [2.75, 3.05) is 4.90 Å². The Morgan fingerprint density at radius 2 is 1.28 bits per heavy atom. The third-order valence-corrected chi connectivity index (χ3v) is 10.6. The van der Waals surface area contributed by atoms with E-state index in [1.165, 1.54) is 50.2 Å². The fraction of sp³-hybridized carbons (Fsp3) is 0.0980. The van der Waals surface area contributed by atoms with Crippen molar-refractivity contribution < 1.29 is 4.74 Å². The molecule has 0 spiro atoms. The molecule has 0 radical (unpaired) electrons. The van der Waals surface area contributed by atoms with E-state index in [1.54, 1.807) is 0 Å². The van der Waals surface area contributed by atoms with E-state index in [1.807, 2.05) is 0 Å². The van der Waals surface area contributed by atoms with Crippen LogP contribution in [0.5, 0.6) is 5.75 Å². The highest BCUT2D eigenvalue weighted by atomic mass is 16.5. The third kappa shape index (κ3) is 6.61. The van der Waals surface area contributed by atoms with Crippen molar-refractivity contribution in [3.8, 4) is 16.9 Å². The molecule has 0 fully saturated rings. The molecule has 1 heterocycles. The molecule has 0 bridgehead atoms. The second-order valence-corrected chi connectivity index (χ2v) is 14.1. The number of anilines is 2. The standard InChI is InChI=1S/C51H41NO/c1-36-33-46(30-31-47(36)41-17-10-5-11-18-41)52(44-26-21-39(22-27-44)37-13-8-4-9-14-37)45-28-23-40(24-29-45)42-19-12-20-50-48(34-42)49-35-43(25-32-51(49)53-50)38-15-6-2-3-7-16-38/h2,4-36,47,50H,3H2,1H3.